The molecule has 0 saturated heterocycles. The fourth-order valence-corrected chi connectivity index (χ4v) is 6.01. The zero-order valence-electron chi connectivity index (χ0n) is 12.9. The number of carbonyl (C=O) groups is 1. The monoisotopic (exact) mass is 292 g/mol. The van der Waals surface area contributed by atoms with Gasteiger partial charge in [-0.1, -0.05) is 19.3 Å². The fraction of sp³-hybridized carbons (Fsp3) is 0.941. The highest BCUT2D eigenvalue weighted by molar-refractivity contribution is 5.68. The van der Waals surface area contributed by atoms with Gasteiger partial charge in [0.05, 0.1) is 0 Å². The van der Waals surface area contributed by atoms with Gasteiger partial charge in [-0.05, 0) is 56.8 Å². The van der Waals surface area contributed by atoms with E-state index in [0.29, 0.717) is 17.9 Å². The average Bonchev–Trinajstić information content (AvgIpc) is 2.35. The number of alkyl carbamates (subject to hydrolysis) is 1. The van der Waals surface area contributed by atoms with E-state index in [2.05, 4.69) is 5.32 Å². The van der Waals surface area contributed by atoms with Crippen molar-refractivity contribution in [3.05, 3.63) is 0 Å². The van der Waals surface area contributed by atoms with Gasteiger partial charge < -0.3 is 15.8 Å². The minimum atomic E-state index is -0.252. The Morgan fingerprint density at radius 1 is 1.05 bits per heavy atom. The van der Waals surface area contributed by atoms with Crippen molar-refractivity contribution in [2.75, 3.05) is 0 Å². The molecule has 0 radical (unpaired) electrons. The second-order valence-electron chi connectivity index (χ2n) is 8.38. The van der Waals surface area contributed by atoms with E-state index < -0.39 is 0 Å². The summed E-state index contributed by atoms with van der Waals surface area (Å²) in [7, 11) is 0. The lowest BCUT2D eigenvalue weighted by Crippen LogP contribution is -2.64. The van der Waals surface area contributed by atoms with Crippen LogP contribution in [0.5, 0.6) is 0 Å². The first kappa shape index (κ1) is 13.9. The van der Waals surface area contributed by atoms with Crippen molar-refractivity contribution in [3.8, 4) is 0 Å². The zero-order valence-corrected chi connectivity index (χ0v) is 12.9. The molecule has 5 saturated carbocycles. The number of hydrogen-bond acceptors (Lipinski definition) is 3. The molecule has 5 aliphatic carbocycles. The van der Waals surface area contributed by atoms with Gasteiger partial charge in [0.2, 0.25) is 0 Å². The van der Waals surface area contributed by atoms with E-state index in [-0.39, 0.29) is 17.2 Å². The smallest absolute Gasteiger partial charge is 0.407 e. The Kier molecular flexibility index (Phi) is 3.21. The molecule has 0 aromatic carbocycles. The molecule has 4 bridgehead atoms. The molecular weight excluding hydrogens is 264 g/mol. The van der Waals surface area contributed by atoms with Crippen LogP contribution in [0.2, 0.25) is 0 Å². The van der Waals surface area contributed by atoms with Gasteiger partial charge in [0, 0.05) is 18.0 Å². The topological polar surface area (TPSA) is 64.3 Å². The highest BCUT2D eigenvalue weighted by Crippen LogP contribution is 2.57. The molecule has 5 aliphatic rings. The van der Waals surface area contributed by atoms with Gasteiger partial charge in [0.25, 0.3) is 0 Å². The van der Waals surface area contributed by atoms with Crippen molar-refractivity contribution in [2.24, 2.45) is 17.6 Å². The molecule has 5 rings (SSSR count). The van der Waals surface area contributed by atoms with Crippen LogP contribution in [0.15, 0.2) is 0 Å². The molecule has 4 heteroatoms. The summed E-state index contributed by atoms with van der Waals surface area (Å²) in [5.74, 6) is 1.36. The molecule has 3 N–H and O–H groups in total. The van der Waals surface area contributed by atoms with Crippen molar-refractivity contribution in [1.82, 2.24) is 5.32 Å². The van der Waals surface area contributed by atoms with Crippen LogP contribution in [0.25, 0.3) is 0 Å². The molecule has 118 valence electrons. The Balaban J connectivity index is 1.40. The van der Waals surface area contributed by atoms with E-state index in [1.807, 2.05) is 0 Å². The molecule has 0 heterocycles. The number of amides is 1. The number of carbonyl (C=O) groups excluding carboxylic acids is 1. The third-order valence-electron chi connectivity index (χ3n) is 6.29. The van der Waals surface area contributed by atoms with Crippen molar-refractivity contribution in [2.45, 2.75) is 87.8 Å². The molecule has 0 aromatic heterocycles. The zero-order chi connectivity index (χ0) is 14.5. The maximum Gasteiger partial charge on any atom is 0.407 e. The lowest BCUT2D eigenvalue weighted by Gasteiger charge is -2.59. The summed E-state index contributed by atoms with van der Waals surface area (Å²) in [5.41, 5.74) is 6.24. The van der Waals surface area contributed by atoms with Crippen LogP contribution in [-0.4, -0.2) is 23.3 Å². The Hall–Kier alpha value is -0.770. The molecule has 0 aliphatic heterocycles. The first-order chi connectivity index (χ1) is 10.0. The van der Waals surface area contributed by atoms with Crippen molar-refractivity contribution in [1.29, 1.82) is 0 Å². The van der Waals surface area contributed by atoms with Crippen molar-refractivity contribution >= 4 is 6.09 Å². The van der Waals surface area contributed by atoms with E-state index in [1.54, 1.807) is 0 Å². The minimum absolute atomic E-state index is 0.0603. The third kappa shape index (κ3) is 2.67. The Morgan fingerprint density at radius 3 is 2.33 bits per heavy atom. The number of nitrogens with one attached hydrogen (secondary N) is 1. The average molecular weight is 292 g/mol. The fourth-order valence-electron chi connectivity index (χ4n) is 6.01. The first-order valence-electron chi connectivity index (χ1n) is 8.83. The van der Waals surface area contributed by atoms with Crippen molar-refractivity contribution < 1.29 is 9.53 Å². The summed E-state index contributed by atoms with van der Waals surface area (Å²) in [5, 5.41) is 3.10. The highest BCUT2D eigenvalue weighted by Gasteiger charge is 2.58. The van der Waals surface area contributed by atoms with Gasteiger partial charge in [-0.25, -0.2) is 4.79 Å². The second-order valence-corrected chi connectivity index (χ2v) is 8.38. The lowest BCUT2D eigenvalue weighted by molar-refractivity contribution is -0.135. The molecule has 0 aromatic rings. The van der Waals surface area contributed by atoms with Crippen LogP contribution >= 0.6 is 0 Å². The van der Waals surface area contributed by atoms with E-state index in [0.717, 1.165) is 44.9 Å². The Labute approximate surface area is 127 Å². The standard InChI is InChI=1S/C17H28N2O2/c18-16-7-12-6-13(8-16)10-17(9-12,11-16)21-15(20)19-14-4-2-1-3-5-14/h12-14H,1-11,18H2,(H,19,20). The predicted molar refractivity (Wildman–Crippen MR) is 80.8 cm³/mol. The van der Waals surface area contributed by atoms with Crippen LogP contribution in [0, 0.1) is 11.8 Å². The van der Waals surface area contributed by atoms with Crippen LogP contribution in [0.4, 0.5) is 4.79 Å². The molecule has 1 amide bonds. The Morgan fingerprint density at radius 2 is 1.71 bits per heavy atom. The third-order valence-corrected chi connectivity index (χ3v) is 6.29. The van der Waals surface area contributed by atoms with Gasteiger partial charge in [-0.3, -0.25) is 0 Å². The molecule has 4 nitrogen and oxygen atoms in total. The summed E-state index contributed by atoms with van der Waals surface area (Å²) in [6.45, 7) is 0. The van der Waals surface area contributed by atoms with Gasteiger partial charge in [0.15, 0.2) is 0 Å². The predicted octanol–water partition coefficient (Wildman–Crippen LogP) is 3.10. The first-order valence-corrected chi connectivity index (χ1v) is 8.83. The van der Waals surface area contributed by atoms with E-state index in [1.165, 1.54) is 25.7 Å². The molecule has 2 atom stereocenters. The van der Waals surface area contributed by atoms with Crippen LogP contribution in [0.1, 0.15) is 70.6 Å². The normalized spacial score (nSPS) is 45.6. The quantitative estimate of drug-likeness (QED) is 0.822. The van der Waals surface area contributed by atoms with Gasteiger partial charge in [0.1, 0.15) is 5.60 Å². The number of ether oxygens (including phenoxy) is 1. The second kappa shape index (κ2) is 4.87. The summed E-state index contributed by atoms with van der Waals surface area (Å²) >= 11 is 0. The van der Waals surface area contributed by atoms with Gasteiger partial charge in [-0.2, -0.15) is 0 Å². The molecule has 2 unspecified atom stereocenters. The summed E-state index contributed by atoms with van der Waals surface area (Å²) < 4.78 is 5.99. The largest absolute Gasteiger partial charge is 0.443 e. The maximum absolute atomic E-state index is 12.3. The SMILES string of the molecule is NC12CC3CC(C1)CC(OC(=O)NC1CCCCC1)(C3)C2. The minimum Gasteiger partial charge on any atom is -0.443 e. The van der Waals surface area contributed by atoms with E-state index in [9.17, 15) is 4.79 Å². The molecule has 0 spiro atoms. The summed E-state index contributed by atoms with van der Waals surface area (Å²) in [6.07, 6.45) is 12.3. The summed E-state index contributed by atoms with van der Waals surface area (Å²) in [6, 6.07) is 0.326. The number of hydrogen-bond donors (Lipinski definition) is 2. The van der Waals surface area contributed by atoms with Crippen LogP contribution in [0.3, 0.4) is 0 Å². The van der Waals surface area contributed by atoms with E-state index in [4.69, 9.17) is 10.5 Å². The van der Waals surface area contributed by atoms with E-state index >= 15 is 0 Å². The molecule has 21 heavy (non-hydrogen) atoms. The number of nitrogens with two attached hydrogens (primary N) is 1. The summed E-state index contributed by atoms with van der Waals surface area (Å²) in [4.78, 5) is 12.3. The molecular formula is C17H28N2O2. The van der Waals surface area contributed by atoms with Crippen LogP contribution < -0.4 is 11.1 Å². The van der Waals surface area contributed by atoms with Crippen molar-refractivity contribution in [3.63, 3.8) is 0 Å². The van der Waals surface area contributed by atoms with Gasteiger partial charge in [-0.15, -0.1) is 0 Å². The van der Waals surface area contributed by atoms with Crippen LogP contribution in [-0.2, 0) is 4.74 Å². The Bertz CT molecular complexity index is 417. The lowest BCUT2D eigenvalue weighted by atomic mass is 9.51. The highest BCUT2D eigenvalue weighted by atomic mass is 16.6. The molecule has 5 fully saturated rings. The number of rotatable bonds is 2. The maximum atomic E-state index is 12.3. The van der Waals surface area contributed by atoms with Gasteiger partial charge >= 0.3 is 6.09 Å².